The molecule has 0 aliphatic heterocycles. The molecule has 0 amide bonds. The van der Waals surface area contributed by atoms with Crippen LogP contribution in [0.25, 0.3) is 10.4 Å². The molecule has 1 fully saturated rings. The van der Waals surface area contributed by atoms with Crippen LogP contribution in [0.4, 0.5) is 0 Å². The summed E-state index contributed by atoms with van der Waals surface area (Å²) in [5, 5.41) is 3.77. The maximum absolute atomic E-state index is 3.77. The van der Waals surface area contributed by atoms with Crippen LogP contribution in [0.1, 0.15) is 44.4 Å². The van der Waals surface area contributed by atoms with Crippen molar-refractivity contribution in [1.29, 1.82) is 0 Å². The van der Waals surface area contributed by atoms with Crippen LogP contribution in [0.3, 0.4) is 0 Å². The van der Waals surface area contributed by atoms with Gasteiger partial charge in [-0.25, -0.2) is 0 Å². The SMILES string of the molecule is CC1(C)CCCC(NCc2ccc(-c3ccccc3)s2)C1. The second-order valence-electron chi connectivity index (χ2n) is 6.97. The van der Waals surface area contributed by atoms with Crippen LogP contribution in [0.2, 0.25) is 0 Å². The molecule has 112 valence electrons. The normalized spacial score (nSPS) is 21.3. The number of hydrogen-bond acceptors (Lipinski definition) is 2. The Balaban J connectivity index is 1.58. The minimum Gasteiger partial charge on any atom is -0.309 e. The molecule has 1 saturated carbocycles. The summed E-state index contributed by atoms with van der Waals surface area (Å²) in [7, 11) is 0. The Hall–Kier alpha value is -1.12. The van der Waals surface area contributed by atoms with Gasteiger partial charge in [-0.3, -0.25) is 0 Å². The Kier molecular flexibility index (Phi) is 4.46. The van der Waals surface area contributed by atoms with Crippen LogP contribution < -0.4 is 5.32 Å². The summed E-state index contributed by atoms with van der Waals surface area (Å²) in [6.45, 7) is 5.82. The van der Waals surface area contributed by atoms with E-state index in [2.05, 4.69) is 61.6 Å². The van der Waals surface area contributed by atoms with Gasteiger partial charge in [0.15, 0.2) is 0 Å². The Morgan fingerprint density at radius 2 is 1.95 bits per heavy atom. The lowest BCUT2D eigenvalue weighted by Gasteiger charge is -2.35. The molecule has 3 rings (SSSR count). The first-order valence-electron chi connectivity index (χ1n) is 8.00. The highest BCUT2D eigenvalue weighted by atomic mass is 32.1. The predicted octanol–water partition coefficient (Wildman–Crippen LogP) is 5.47. The number of rotatable bonds is 4. The van der Waals surface area contributed by atoms with Gasteiger partial charge in [0.2, 0.25) is 0 Å². The summed E-state index contributed by atoms with van der Waals surface area (Å²) in [6.07, 6.45) is 5.39. The summed E-state index contributed by atoms with van der Waals surface area (Å²) >= 11 is 1.91. The van der Waals surface area contributed by atoms with E-state index < -0.39 is 0 Å². The Labute approximate surface area is 132 Å². The van der Waals surface area contributed by atoms with E-state index in [-0.39, 0.29) is 0 Å². The van der Waals surface area contributed by atoms with E-state index in [9.17, 15) is 0 Å². The van der Waals surface area contributed by atoms with Gasteiger partial charge in [-0.1, -0.05) is 50.6 Å². The van der Waals surface area contributed by atoms with Crippen molar-refractivity contribution in [1.82, 2.24) is 5.32 Å². The highest BCUT2D eigenvalue weighted by molar-refractivity contribution is 7.15. The van der Waals surface area contributed by atoms with Crippen molar-refractivity contribution in [3.8, 4) is 10.4 Å². The maximum atomic E-state index is 3.77. The fraction of sp³-hybridized carbons (Fsp3) is 0.474. The highest BCUT2D eigenvalue weighted by Gasteiger charge is 2.27. The average Bonchev–Trinajstić information content (AvgIpc) is 2.94. The molecule has 1 nitrogen and oxygen atoms in total. The number of benzene rings is 1. The van der Waals surface area contributed by atoms with Crippen LogP contribution in [-0.4, -0.2) is 6.04 Å². The molecule has 1 heterocycles. The van der Waals surface area contributed by atoms with Gasteiger partial charge in [-0.2, -0.15) is 0 Å². The number of hydrogen-bond donors (Lipinski definition) is 1. The summed E-state index contributed by atoms with van der Waals surface area (Å²) in [5.41, 5.74) is 1.84. The van der Waals surface area contributed by atoms with Crippen molar-refractivity contribution < 1.29 is 0 Å². The van der Waals surface area contributed by atoms with Crippen molar-refractivity contribution in [3.63, 3.8) is 0 Å². The van der Waals surface area contributed by atoms with Crippen molar-refractivity contribution in [3.05, 3.63) is 47.3 Å². The van der Waals surface area contributed by atoms with E-state index in [4.69, 9.17) is 0 Å². The van der Waals surface area contributed by atoms with E-state index in [1.165, 1.54) is 41.0 Å². The van der Waals surface area contributed by atoms with Crippen molar-refractivity contribution in [2.24, 2.45) is 5.41 Å². The largest absolute Gasteiger partial charge is 0.309 e. The fourth-order valence-electron chi connectivity index (χ4n) is 3.35. The summed E-state index contributed by atoms with van der Waals surface area (Å²) in [4.78, 5) is 2.81. The van der Waals surface area contributed by atoms with E-state index >= 15 is 0 Å². The molecular weight excluding hydrogens is 274 g/mol. The monoisotopic (exact) mass is 299 g/mol. The highest BCUT2D eigenvalue weighted by Crippen LogP contribution is 2.35. The molecule has 1 unspecified atom stereocenters. The molecular formula is C19H25NS. The lowest BCUT2D eigenvalue weighted by Crippen LogP contribution is -2.36. The van der Waals surface area contributed by atoms with Gasteiger partial charge >= 0.3 is 0 Å². The minimum absolute atomic E-state index is 0.514. The smallest absolute Gasteiger partial charge is 0.0346 e. The standard InChI is InChI=1S/C19H25NS/c1-19(2)12-6-9-16(13-19)20-14-17-10-11-18(21-17)15-7-4-3-5-8-15/h3-5,7-8,10-11,16,20H,6,9,12-14H2,1-2H3. The van der Waals surface area contributed by atoms with Crippen molar-refractivity contribution >= 4 is 11.3 Å². The van der Waals surface area contributed by atoms with Gasteiger partial charge in [-0.15, -0.1) is 11.3 Å². The predicted molar refractivity (Wildman–Crippen MR) is 92.6 cm³/mol. The lowest BCUT2D eigenvalue weighted by molar-refractivity contribution is 0.198. The number of thiophene rings is 1. The Morgan fingerprint density at radius 3 is 2.71 bits per heavy atom. The second-order valence-corrected chi connectivity index (χ2v) is 8.14. The lowest BCUT2D eigenvalue weighted by atomic mass is 9.75. The van der Waals surface area contributed by atoms with Gasteiger partial charge in [-0.05, 0) is 42.4 Å². The molecule has 0 radical (unpaired) electrons. The van der Waals surface area contributed by atoms with Crippen LogP contribution >= 0.6 is 11.3 Å². The van der Waals surface area contributed by atoms with Crippen LogP contribution in [0.15, 0.2) is 42.5 Å². The average molecular weight is 299 g/mol. The maximum Gasteiger partial charge on any atom is 0.0346 e. The molecule has 0 bridgehead atoms. The van der Waals surface area contributed by atoms with Gasteiger partial charge < -0.3 is 5.32 Å². The molecule has 0 saturated heterocycles. The van der Waals surface area contributed by atoms with E-state index in [0.29, 0.717) is 11.5 Å². The van der Waals surface area contributed by atoms with Gasteiger partial charge in [0.05, 0.1) is 0 Å². The quantitative estimate of drug-likeness (QED) is 0.789. The molecule has 1 aliphatic rings. The molecule has 1 aliphatic carbocycles. The third-order valence-electron chi connectivity index (χ3n) is 4.49. The summed E-state index contributed by atoms with van der Waals surface area (Å²) in [6, 6.07) is 15.9. The van der Waals surface area contributed by atoms with E-state index in [1.54, 1.807) is 0 Å². The van der Waals surface area contributed by atoms with Crippen molar-refractivity contribution in [2.45, 2.75) is 52.1 Å². The summed E-state index contributed by atoms with van der Waals surface area (Å²) < 4.78 is 0. The van der Waals surface area contributed by atoms with E-state index in [1.807, 2.05) is 11.3 Å². The third kappa shape index (κ3) is 3.96. The fourth-order valence-corrected chi connectivity index (χ4v) is 4.31. The molecule has 1 atom stereocenters. The first-order valence-corrected chi connectivity index (χ1v) is 8.82. The molecule has 1 N–H and O–H groups in total. The first kappa shape index (κ1) is 14.8. The Bertz CT molecular complexity index is 570. The molecule has 1 aromatic heterocycles. The van der Waals surface area contributed by atoms with Gasteiger partial charge in [0, 0.05) is 22.3 Å². The molecule has 2 heteroatoms. The second kappa shape index (κ2) is 6.33. The van der Waals surface area contributed by atoms with Crippen LogP contribution in [0.5, 0.6) is 0 Å². The zero-order chi connectivity index (χ0) is 14.7. The van der Waals surface area contributed by atoms with E-state index in [0.717, 1.165) is 6.54 Å². The molecule has 21 heavy (non-hydrogen) atoms. The zero-order valence-corrected chi connectivity index (χ0v) is 13.9. The number of nitrogens with one attached hydrogen (secondary N) is 1. The van der Waals surface area contributed by atoms with Crippen LogP contribution in [0, 0.1) is 5.41 Å². The van der Waals surface area contributed by atoms with Gasteiger partial charge in [0.25, 0.3) is 0 Å². The molecule has 0 spiro atoms. The van der Waals surface area contributed by atoms with Gasteiger partial charge in [0.1, 0.15) is 0 Å². The Morgan fingerprint density at radius 1 is 1.14 bits per heavy atom. The van der Waals surface area contributed by atoms with Crippen molar-refractivity contribution in [2.75, 3.05) is 0 Å². The topological polar surface area (TPSA) is 12.0 Å². The zero-order valence-electron chi connectivity index (χ0n) is 13.1. The third-order valence-corrected chi connectivity index (χ3v) is 5.62. The first-order chi connectivity index (χ1) is 10.1. The molecule has 2 aromatic rings. The van der Waals surface area contributed by atoms with Crippen LogP contribution in [-0.2, 0) is 6.54 Å². The minimum atomic E-state index is 0.514. The summed E-state index contributed by atoms with van der Waals surface area (Å²) in [5.74, 6) is 0. The molecule has 1 aromatic carbocycles.